The number of rotatable bonds is 9. The smallest absolute Gasteiger partial charge is 0.250 e. The largest absolute Gasteiger partial charge is 0.378 e. The molecular weight excluding hydrogens is 558 g/mol. The van der Waals surface area contributed by atoms with Crippen LogP contribution in [0, 0.1) is 18.3 Å². The number of nitrogens with one attached hydrogen (secondary N) is 2. The van der Waals surface area contributed by atoms with E-state index >= 15 is 0 Å². The van der Waals surface area contributed by atoms with Gasteiger partial charge in [-0.15, -0.1) is 0 Å². The molecule has 4 aromatic rings. The maximum absolute atomic E-state index is 14.7. The number of likely N-dealkylation sites (tertiary alicyclic amines) is 1. The van der Waals surface area contributed by atoms with E-state index in [4.69, 9.17) is 0 Å². The van der Waals surface area contributed by atoms with Gasteiger partial charge in [0.15, 0.2) is 0 Å². The molecule has 236 valence electrons. The van der Waals surface area contributed by atoms with Crippen LogP contribution in [0.2, 0.25) is 0 Å². The number of hydrogen-bond donors (Lipinski definition) is 2. The van der Waals surface area contributed by atoms with Crippen LogP contribution in [-0.2, 0) is 16.1 Å². The number of aromatic nitrogens is 1. The molecule has 6 rings (SSSR count). The summed E-state index contributed by atoms with van der Waals surface area (Å²) in [6.45, 7) is 8.62. The lowest BCUT2D eigenvalue weighted by molar-refractivity contribution is -0.150. The Balaban J connectivity index is 1.33. The van der Waals surface area contributed by atoms with Crippen LogP contribution in [0.3, 0.4) is 0 Å². The molecule has 45 heavy (non-hydrogen) atoms. The first-order valence-corrected chi connectivity index (χ1v) is 16.2. The molecule has 2 amide bonds. The van der Waals surface area contributed by atoms with E-state index in [0.29, 0.717) is 25.8 Å². The van der Waals surface area contributed by atoms with Gasteiger partial charge >= 0.3 is 0 Å². The fraction of sp³-hybridized carbons (Fsp3) is 0.421. The van der Waals surface area contributed by atoms with Gasteiger partial charge in [0.1, 0.15) is 5.54 Å². The molecule has 0 radical (unpaired) electrons. The molecule has 1 saturated carbocycles. The van der Waals surface area contributed by atoms with Crippen molar-refractivity contribution >= 4 is 34.1 Å². The van der Waals surface area contributed by atoms with Crippen LogP contribution >= 0.6 is 0 Å². The van der Waals surface area contributed by atoms with E-state index in [2.05, 4.69) is 79.4 Å². The lowest BCUT2D eigenvalue weighted by Gasteiger charge is -2.47. The Kier molecular flexibility index (Phi) is 8.25. The summed E-state index contributed by atoms with van der Waals surface area (Å²) < 4.78 is 0. The Morgan fingerprint density at radius 2 is 1.58 bits per heavy atom. The number of aryl methyl sites for hydroxylation is 1. The molecule has 0 spiro atoms. The van der Waals surface area contributed by atoms with Crippen LogP contribution in [0.5, 0.6) is 0 Å². The zero-order valence-electron chi connectivity index (χ0n) is 27.6. The Labute approximate surface area is 267 Å². The van der Waals surface area contributed by atoms with E-state index in [-0.39, 0.29) is 29.1 Å². The second-order valence-corrected chi connectivity index (χ2v) is 14.0. The number of benzene rings is 3. The first-order chi connectivity index (χ1) is 21.5. The Hall–Kier alpha value is -4.10. The minimum absolute atomic E-state index is 0.0276. The van der Waals surface area contributed by atoms with E-state index in [1.54, 1.807) is 0 Å². The quantitative estimate of drug-likeness (QED) is 0.220. The highest BCUT2D eigenvalue weighted by Crippen LogP contribution is 2.67. The third kappa shape index (κ3) is 5.86. The van der Waals surface area contributed by atoms with Crippen molar-refractivity contribution in [3.8, 4) is 0 Å². The van der Waals surface area contributed by atoms with Crippen molar-refractivity contribution < 1.29 is 9.59 Å². The van der Waals surface area contributed by atoms with Crippen LogP contribution in [0.1, 0.15) is 55.8 Å². The number of anilines is 2. The molecule has 1 aliphatic carbocycles. The monoisotopic (exact) mass is 605 g/mol. The summed E-state index contributed by atoms with van der Waals surface area (Å²) >= 11 is 0. The molecular formula is C38H47N5O2. The number of nitrogens with zero attached hydrogens (tertiary/aromatic N) is 3. The van der Waals surface area contributed by atoms with E-state index in [0.717, 1.165) is 35.5 Å². The van der Waals surface area contributed by atoms with Crippen molar-refractivity contribution in [1.82, 2.24) is 14.8 Å². The van der Waals surface area contributed by atoms with Gasteiger partial charge in [-0.05, 0) is 85.5 Å². The molecule has 2 N–H and O–H groups in total. The van der Waals surface area contributed by atoms with Gasteiger partial charge in [-0.2, -0.15) is 0 Å². The number of piperidine rings is 1. The van der Waals surface area contributed by atoms with Gasteiger partial charge in [0, 0.05) is 68.1 Å². The van der Waals surface area contributed by atoms with Gasteiger partial charge in [0.05, 0.1) is 0 Å². The van der Waals surface area contributed by atoms with Crippen molar-refractivity contribution in [1.29, 1.82) is 0 Å². The zero-order valence-corrected chi connectivity index (χ0v) is 27.6. The second-order valence-electron chi connectivity index (χ2n) is 14.0. The van der Waals surface area contributed by atoms with Gasteiger partial charge in [-0.3, -0.25) is 9.59 Å². The molecule has 1 aliphatic heterocycles. The summed E-state index contributed by atoms with van der Waals surface area (Å²) in [6, 6.07) is 26.5. The van der Waals surface area contributed by atoms with Crippen molar-refractivity contribution in [2.75, 3.05) is 44.4 Å². The van der Waals surface area contributed by atoms with E-state index in [9.17, 15) is 9.59 Å². The van der Waals surface area contributed by atoms with Crippen LogP contribution in [0.4, 0.5) is 11.4 Å². The summed E-state index contributed by atoms with van der Waals surface area (Å²) in [5.41, 5.74) is 5.51. The van der Waals surface area contributed by atoms with Gasteiger partial charge in [-0.25, -0.2) is 0 Å². The van der Waals surface area contributed by atoms with Gasteiger partial charge < -0.3 is 25.0 Å². The SMILES string of the molecule is Cc1[nH]c2ccccc2c1[C@H]1[C@@H](CC(=O)N(Cc2ccccc2)C2(C(=O)Nc3ccc(N(C)C)cc3)CCN(C)CC2)C1(C)C. The Morgan fingerprint density at radius 3 is 2.24 bits per heavy atom. The number of fused-ring (bicyclic) bond motifs is 1. The molecule has 1 aromatic heterocycles. The number of H-pyrrole nitrogens is 1. The fourth-order valence-electron chi connectivity index (χ4n) is 7.64. The molecule has 0 unspecified atom stereocenters. The number of carbonyl (C=O) groups is 2. The summed E-state index contributed by atoms with van der Waals surface area (Å²) in [5.74, 6) is 0.413. The molecule has 7 nitrogen and oxygen atoms in total. The molecule has 3 aromatic carbocycles. The molecule has 1 saturated heterocycles. The third-order valence-electron chi connectivity index (χ3n) is 10.6. The van der Waals surface area contributed by atoms with E-state index in [1.807, 2.05) is 66.4 Å². The minimum atomic E-state index is -0.953. The van der Waals surface area contributed by atoms with E-state index < -0.39 is 5.54 Å². The molecule has 0 bridgehead atoms. The predicted octanol–water partition coefficient (Wildman–Crippen LogP) is 6.80. The van der Waals surface area contributed by atoms with Crippen LogP contribution in [0.15, 0.2) is 78.9 Å². The fourth-order valence-corrected chi connectivity index (χ4v) is 7.64. The topological polar surface area (TPSA) is 71.7 Å². The maximum atomic E-state index is 14.7. The highest BCUT2D eigenvalue weighted by Gasteiger charge is 2.60. The summed E-state index contributed by atoms with van der Waals surface area (Å²) in [7, 11) is 6.09. The van der Waals surface area contributed by atoms with Crippen molar-refractivity contribution in [3.63, 3.8) is 0 Å². The van der Waals surface area contributed by atoms with Crippen molar-refractivity contribution in [2.45, 2.75) is 58.0 Å². The number of hydrogen-bond acceptors (Lipinski definition) is 4. The van der Waals surface area contributed by atoms with Gasteiger partial charge in [0.25, 0.3) is 0 Å². The van der Waals surface area contributed by atoms with Gasteiger partial charge in [-0.1, -0.05) is 62.4 Å². The highest BCUT2D eigenvalue weighted by atomic mass is 16.2. The summed E-state index contributed by atoms with van der Waals surface area (Å²) in [6.07, 6.45) is 1.58. The highest BCUT2D eigenvalue weighted by molar-refractivity contribution is 6.01. The Morgan fingerprint density at radius 1 is 0.933 bits per heavy atom. The van der Waals surface area contributed by atoms with Gasteiger partial charge in [0.2, 0.25) is 11.8 Å². The normalized spacial score (nSPS) is 20.5. The third-order valence-corrected chi connectivity index (χ3v) is 10.6. The van der Waals surface area contributed by atoms with Crippen molar-refractivity contribution in [3.05, 3.63) is 95.7 Å². The average molecular weight is 606 g/mol. The number of para-hydroxylation sites is 1. The number of amides is 2. The minimum Gasteiger partial charge on any atom is -0.378 e. The summed E-state index contributed by atoms with van der Waals surface area (Å²) in [5, 5.41) is 4.47. The van der Waals surface area contributed by atoms with Crippen LogP contribution < -0.4 is 10.2 Å². The van der Waals surface area contributed by atoms with Crippen LogP contribution in [-0.4, -0.2) is 66.4 Å². The van der Waals surface area contributed by atoms with Crippen LogP contribution in [0.25, 0.3) is 10.9 Å². The second kappa shape index (κ2) is 12.0. The summed E-state index contributed by atoms with van der Waals surface area (Å²) in [4.78, 5) is 39.0. The molecule has 2 heterocycles. The molecule has 7 heteroatoms. The standard InChI is InChI=1S/C38H47N5O2/c1-26-34(30-14-10-11-15-32(30)39-26)35-31(37(35,2)3)24-33(44)43(25-27-12-8-7-9-13-27)38(20-22-42(6)23-21-38)36(45)40-28-16-18-29(19-17-28)41(4)5/h7-19,31,35,39H,20-25H2,1-6H3,(H,40,45)/t31-,35-/m1/s1. The first kappa shape index (κ1) is 30.9. The zero-order chi connectivity index (χ0) is 31.9. The predicted molar refractivity (Wildman–Crippen MR) is 184 cm³/mol. The number of carbonyl (C=O) groups excluding carboxylic acids is 2. The lowest BCUT2D eigenvalue weighted by atomic mass is 9.83. The Bertz CT molecular complexity index is 1670. The maximum Gasteiger partial charge on any atom is 0.250 e. The van der Waals surface area contributed by atoms with E-state index in [1.165, 1.54) is 16.6 Å². The molecule has 2 fully saturated rings. The lowest BCUT2D eigenvalue weighted by Crippen LogP contribution is -2.62. The number of aromatic amines is 1. The first-order valence-electron chi connectivity index (χ1n) is 16.2. The van der Waals surface area contributed by atoms with Crippen molar-refractivity contribution in [2.24, 2.45) is 11.3 Å². The molecule has 2 atom stereocenters. The molecule has 2 aliphatic rings. The average Bonchev–Trinajstić information content (AvgIpc) is 3.37.